The van der Waals surface area contributed by atoms with Crippen molar-refractivity contribution in [1.82, 2.24) is 10.2 Å². The highest BCUT2D eigenvalue weighted by atomic mass is 32.2. The summed E-state index contributed by atoms with van der Waals surface area (Å²) in [6, 6.07) is 8.15. The third-order valence-corrected chi connectivity index (χ3v) is 4.06. The van der Waals surface area contributed by atoms with Gasteiger partial charge >= 0.3 is 6.03 Å². The average molecular weight is 278 g/mol. The Bertz CT molecular complexity index is 455. The highest BCUT2D eigenvalue weighted by Gasteiger charge is 2.27. The minimum Gasteiger partial charge on any atom is -0.329 e. The van der Waals surface area contributed by atoms with Gasteiger partial charge in [-0.05, 0) is 23.6 Å². The monoisotopic (exact) mass is 278 g/mol. The molecule has 5 heteroatoms. The molecule has 1 aromatic rings. The lowest BCUT2D eigenvalue weighted by Crippen LogP contribution is -2.32. The first-order valence-corrected chi connectivity index (χ1v) is 7.37. The summed E-state index contributed by atoms with van der Waals surface area (Å²) >= 11 is 1.66. The van der Waals surface area contributed by atoms with Crippen LogP contribution in [0.15, 0.2) is 29.2 Å². The van der Waals surface area contributed by atoms with Crippen molar-refractivity contribution < 1.29 is 9.59 Å². The van der Waals surface area contributed by atoms with Crippen LogP contribution in [0.25, 0.3) is 0 Å². The first kappa shape index (κ1) is 13.9. The third kappa shape index (κ3) is 3.50. The van der Waals surface area contributed by atoms with Crippen molar-refractivity contribution in [1.29, 1.82) is 0 Å². The summed E-state index contributed by atoms with van der Waals surface area (Å²) in [4.78, 5) is 25.1. The summed E-state index contributed by atoms with van der Waals surface area (Å²) in [6.45, 7) is 4.92. The van der Waals surface area contributed by atoms with Crippen LogP contribution in [0, 0.1) is 0 Å². The van der Waals surface area contributed by atoms with Gasteiger partial charge < -0.3 is 5.32 Å². The molecule has 0 bridgehead atoms. The van der Waals surface area contributed by atoms with Crippen LogP contribution in [-0.4, -0.2) is 35.7 Å². The molecule has 3 amide bonds. The van der Waals surface area contributed by atoms with E-state index in [9.17, 15) is 9.59 Å². The van der Waals surface area contributed by atoms with Crippen molar-refractivity contribution >= 4 is 23.7 Å². The third-order valence-electron chi connectivity index (χ3n) is 3.07. The molecule has 102 valence electrons. The van der Waals surface area contributed by atoms with Crippen molar-refractivity contribution in [2.24, 2.45) is 0 Å². The number of hydrogen-bond donors (Lipinski definition) is 1. The Labute approximate surface area is 117 Å². The summed E-state index contributed by atoms with van der Waals surface area (Å²) in [5.74, 6) is 1.12. The maximum absolute atomic E-state index is 11.4. The van der Waals surface area contributed by atoms with E-state index in [1.165, 1.54) is 10.5 Å². The van der Waals surface area contributed by atoms with Gasteiger partial charge in [-0.15, -0.1) is 11.8 Å². The Kier molecular flexibility index (Phi) is 4.47. The molecule has 0 unspecified atom stereocenters. The number of carbonyl (C=O) groups excluding carboxylic acids is 2. The molecule has 4 nitrogen and oxygen atoms in total. The zero-order valence-electron chi connectivity index (χ0n) is 11.2. The molecule has 0 atom stereocenters. The minimum absolute atomic E-state index is 0.132. The Hall–Kier alpha value is -1.49. The number of nitrogens with one attached hydrogen (secondary N) is 1. The van der Waals surface area contributed by atoms with E-state index in [1.807, 2.05) is 0 Å². The molecule has 1 aliphatic rings. The SMILES string of the molecule is CC(C)c1ccc(SCCN2C(=O)CNC2=O)cc1. The van der Waals surface area contributed by atoms with E-state index in [4.69, 9.17) is 0 Å². The Morgan fingerprint density at radius 1 is 1.26 bits per heavy atom. The first-order chi connectivity index (χ1) is 9.08. The predicted octanol–water partition coefficient (Wildman–Crippen LogP) is 2.45. The number of hydrogen-bond acceptors (Lipinski definition) is 3. The van der Waals surface area contributed by atoms with Gasteiger partial charge in [0.05, 0.1) is 6.54 Å². The minimum atomic E-state index is -0.277. The van der Waals surface area contributed by atoms with Gasteiger partial charge in [0.15, 0.2) is 0 Å². The summed E-state index contributed by atoms with van der Waals surface area (Å²) in [5, 5.41) is 2.52. The van der Waals surface area contributed by atoms with Crippen LogP contribution >= 0.6 is 11.8 Å². The van der Waals surface area contributed by atoms with Crippen molar-refractivity contribution in [3.63, 3.8) is 0 Å². The topological polar surface area (TPSA) is 49.4 Å². The maximum atomic E-state index is 11.4. The highest BCUT2D eigenvalue weighted by Crippen LogP contribution is 2.21. The summed E-state index contributed by atoms with van der Waals surface area (Å²) < 4.78 is 0. The molecule has 1 N–H and O–H groups in total. The quantitative estimate of drug-likeness (QED) is 0.665. The van der Waals surface area contributed by atoms with E-state index in [2.05, 4.69) is 43.4 Å². The molecule has 2 rings (SSSR count). The van der Waals surface area contributed by atoms with Crippen LogP contribution in [0.3, 0.4) is 0 Å². The second kappa shape index (κ2) is 6.10. The lowest BCUT2D eigenvalue weighted by molar-refractivity contribution is -0.124. The zero-order chi connectivity index (χ0) is 13.8. The first-order valence-electron chi connectivity index (χ1n) is 6.39. The van der Waals surface area contributed by atoms with Crippen molar-refractivity contribution in [2.45, 2.75) is 24.7 Å². The molecule has 19 heavy (non-hydrogen) atoms. The van der Waals surface area contributed by atoms with Gasteiger partial charge in [0, 0.05) is 17.2 Å². The van der Waals surface area contributed by atoms with Crippen molar-refractivity contribution in [3.8, 4) is 0 Å². The van der Waals surface area contributed by atoms with Gasteiger partial charge in [0.2, 0.25) is 5.91 Å². The predicted molar refractivity (Wildman–Crippen MR) is 76.4 cm³/mol. The molecule has 1 heterocycles. The van der Waals surface area contributed by atoms with Crippen LogP contribution < -0.4 is 5.32 Å². The number of urea groups is 1. The Balaban J connectivity index is 1.82. The van der Waals surface area contributed by atoms with E-state index in [-0.39, 0.29) is 18.5 Å². The molecule has 0 radical (unpaired) electrons. The van der Waals surface area contributed by atoms with Crippen molar-refractivity contribution in [3.05, 3.63) is 29.8 Å². The van der Waals surface area contributed by atoms with Crippen molar-refractivity contribution in [2.75, 3.05) is 18.8 Å². The Morgan fingerprint density at radius 2 is 1.95 bits per heavy atom. The summed E-state index contributed by atoms with van der Waals surface area (Å²) in [7, 11) is 0. The van der Waals surface area contributed by atoms with E-state index < -0.39 is 0 Å². The zero-order valence-corrected chi connectivity index (χ0v) is 12.0. The van der Waals surface area contributed by atoms with Gasteiger partial charge in [0.1, 0.15) is 0 Å². The normalized spacial score (nSPS) is 15.2. The molecule has 0 spiro atoms. The molecule has 1 aliphatic heterocycles. The maximum Gasteiger partial charge on any atom is 0.324 e. The van der Waals surface area contributed by atoms with E-state index in [0.717, 1.165) is 10.6 Å². The molecule has 0 aromatic heterocycles. The van der Waals surface area contributed by atoms with Gasteiger partial charge in [-0.1, -0.05) is 26.0 Å². The fourth-order valence-electron chi connectivity index (χ4n) is 1.89. The van der Waals surface area contributed by atoms with Gasteiger partial charge in [-0.3, -0.25) is 9.69 Å². The molecule has 0 saturated carbocycles. The molecule has 1 aromatic carbocycles. The summed E-state index contributed by atoms with van der Waals surface area (Å²) in [5.41, 5.74) is 1.32. The largest absolute Gasteiger partial charge is 0.329 e. The second-order valence-corrected chi connectivity index (χ2v) is 5.94. The number of benzene rings is 1. The highest BCUT2D eigenvalue weighted by molar-refractivity contribution is 7.99. The second-order valence-electron chi connectivity index (χ2n) is 4.78. The number of amides is 3. The van der Waals surface area contributed by atoms with Crippen LogP contribution in [-0.2, 0) is 4.79 Å². The van der Waals surface area contributed by atoms with E-state index in [1.54, 1.807) is 11.8 Å². The van der Waals surface area contributed by atoms with Gasteiger partial charge in [-0.25, -0.2) is 4.79 Å². The van der Waals surface area contributed by atoms with Crippen LogP contribution in [0.1, 0.15) is 25.3 Å². The fourth-order valence-corrected chi connectivity index (χ4v) is 2.72. The van der Waals surface area contributed by atoms with Gasteiger partial charge in [-0.2, -0.15) is 0 Å². The number of carbonyl (C=O) groups is 2. The lowest BCUT2D eigenvalue weighted by atomic mass is 10.0. The van der Waals surface area contributed by atoms with Crippen LogP contribution in [0.4, 0.5) is 4.79 Å². The standard InChI is InChI=1S/C14H18N2O2S/c1-10(2)11-3-5-12(6-4-11)19-8-7-16-13(17)9-15-14(16)18/h3-6,10H,7-9H2,1-2H3,(H,15,18). The molecule has 0 aliphatic carbocycles. The molecule has 1 fully saturated rings. The van der Waals surface area contributed by atoms with Gasteiger partial charge in [0.25, 0.3) is 0 Å². The van der Waals surface area contributed by atoms with E-state index in [0.29, 0.717) is 12.5 Å². The van der Waals surface area contributed by atoms with Crippen LogP contribution in [0.2, 0.25) is 0 Å². The number of thioether (sulfide) groups is 1. The molecular formula is C14H18N2O2S. The Morgan fingerprint density at radius 3 is 2.47 bits per heavy atom. The number of imide groups is 1. The summed E-state index contributed by atoms with van der Waals surface area (Å²) in [6.07, 6.45) is 0. The number of rotatable bonds is 5. The molecule has 1 saturated heterocycles. The smallest absolute Gasteiger partial charge is 0.324 e. The lowest BCUT2D eigenvalue weighted by Gasteiger charge is -2.12. The fraction of sp³-hybridized carbons (Fsp3) is 0.429. The number of nitrogens with zero attached hydrogens (tertiary/aromatic N) is 1. The molecular weight excluding hydrogens is 260 g/mol. The van der Waals surface area contributed by atoms with Crippen LogP contribution in [0.5, 0.6) is 0 Å². The average Bonchev–Trinajstić information content (AvgIpc) is 2.71. The van der Waals surface area contributed by atoms with E-state index >= 15 is 0 Å².